The first-order valence-electron chi connectivity index (χ1n) is 9.36. The molecule has 1 aromatic carbocycles. The van der Waals surface area contributed by atoms with Gasteiger partial charge in [0.1, 0.15) is 16.4 Å². The van der Waals surface area contributed by atoms with E-state index in [1.54, 1.807) is 6.07 Å². The van der Waals surface area contributed by atoms with Gasteiger partial charge in [0.2, 0.25) is 0 Å². The Morgan fingerprint density at radius 3 is 2.37 bits per heavy atom. The molecule has 2 aliphatic rings. The lowest BCUT2D eigenvalue weighted by molar-refractivity contribution is 0.188. The molecule has 0 bridgehead atoms. The molecule has 30 heavy (non-hydrogen) atoms. The van der Waals surface area contributed by atoms with Crippen LogP contribution in [0.25, 0.3) is 0 Å². The smallest absolute Gasteiger partial charge is 0.332 e. The molecule has 0 amide bonds. The molecule has 2 heterocycles. The van der Waals surface area contributed by atoms with Gasteiger partial charge in [-0.1, -0.05) is 39.0 Å². The van der Waals surface area contributed by atoms with Gasteiger partial charge in [0.25, 0.3) is 0 Å². The van der Waals surface area contributed by atoms with Crippen molar-refractivity contribution >= 4 is 33.4 Å². The second kappa shape index (κ2) is 9.11. The molecule has 1 atom stereocenters. The third-order valence-corrected chi connectivity index (χ3v) is 5.40. The summed E-state index contributed by atoms with van der Waals surface area (Å²) in [5.41, 5.74) is 5.29. The zero-order chi connectivity index (χ0) is 22.7. The molecule has 2 aliphatic heterocycles. The topological polar surface area (TPSA) is 156 Å². The minimum absolute atomic E-state index is 0.0132. The Morgan fingerprint density at radius 2 is 1.90 bits per heavy atom. The monoisotopic (exact) mass is 438 g/mol. The number of hydrogen-bond donors (Lipinski definition) is 4. The second-order valence-electron chi connectivity index (χ2n) is 7.98. The lowest BCUT2D eigenvalue weighted by Crippen LogP contribution is -2.42. The molecule has 0 saturated carbocycles. The third kappa shape index (κ3) is 5.77. The third-order valence-electron chi connectivity index (χ3n) is 4.48. The number of β-amino-alcohol motifs (C(OH)–C–C–N with tert-alkyl or cyclic N) is 1. The van der Waals surface area contributed by atoms with Crippen molar-refractivity contribution in [2.24, 2.45) is 21.1 Å². The molecule has 5 N–H and O–H groups in total. The lowest BCUT2D eigenvalue weighted by atomic mass is 9.94. The summed E-state index contributed by atoms with van der Waals surface area (Å²) >= 11 is 0. The largest absolute Gasteiger partial charge is 0.391 e. The Kier molecular flexibility index (Phi) is 7.22. The van der Waals surface area contributed by atoms with Gasteiger partial charge in [-0.05, 0) is 18.1 Å². The lowest BCUT2D eigenvalue weighted by Gasteiger charge is -2.27. The summed E-state index contributed by atoms with van der Waals surface area (Å²) in [6, 6.07) is 5.73. The van der Waals surface area contributed by atoms with E-state index in [1.807, 2.05) is 25.7 Å². The Bertz CT molecular complexity index is 998. The number of amidine groups is 3. The quantitative estimate of drug-likeness (QED) is 0.517. The summed E-state index contributed by atoms with van der Waals surface area (Å²) in [4.78, 5) is 10.0. The standard InChI is InChI=1S/C12H19N5O.C7H8FNO2S/c1-12(2,3)11-15-9(14)8(13)10(16-11)17-5-4-7(18)6-17;8-12(10,11)7-4-2-1-3-6(7)5-9/h7,13-14,18H,4-6H2,1-3H3;1-4H,5,9H2. The van der Waals surface area contributed by atoms with E-state index in [2.05, 4.69) is 9.98 Å². The molecule has 1 fully saturated rings. The van der Waals surface area contributed by atoms with E-state index in [0.29, 0.717) is 36.7 Å². The van der Waals surface area contributed by atoms with Crippen molar-refractivity contribution in [2.75, 3.05) is 13.1 Å². The number of rotatable bonds is 2. The summed E-state index contributed by atoms with van der Waals surface area (Å²) in [7, 11) is -4.63. The van der Waals surface area contributed by atoms with Gasteiger partial charge >= 0.3 is 10.2 Å². The number of aliphatic hydroxyl groups is 1. The summed E-state index contributed by atoms with van der Waals surface area (Å²) in [6.45, 7) is 7.11. The number of nitrogens with zero attached hydrogens (tertiary/aromatic N) is 3. The van der Waals surface area contributed by atoms with Gasteiger partial charge in [-0.15, -0.1) is 3.89 Å². The SMILES string of the molecule is CC(C)(C)C1=NC(=N)C(=N)C(N2CCC(O)C2)=N1.NCc1ccccc1S(=O)(=O)F. The maximum Gasteiger partial charge on any atom is 0.332 e. The summed E-state index contributed by atoms with van der Waals surface area (Å²) in [5, 5.41) is 25.2. The minimum atomic E-state index is -4.63. The van der Waals surface area contributed by atoms with Crippen molar-refractivity contribution in [1.29, 1.82) is 10.8 Å². The van der Waals surface area contributed by atoms with Gasteiger partial charge in [0.05, 0.1) is 6.10 Å². The van der Waals surface area contributed by atoms with Crippen LogP contribution in [0.15, 0.2) is 39.1 Å². The fraction of sp³-hybridized carbons (Fsp3) is 0.474. The zero-order valence-corrected chi connectivity index (χ0v) is 18.0. The molecule has 9 nitrogen and oxygen atoms in total. The van der Waals surface area contributed by atoms with Crippen molar-refractivity contribution in [3.8, 4) is 0 Å². The highest BCUT2D eigenvalue weighted by atomic mass is 32.3. The number of likely N-dealkylation sites (tertiary alicyclic amines) is 1. The fourth-order valence-electron chi connectivity index (χ4n) is 2.86. The highest BCUT2D eigenvalue weighted by molar-refractivity contribution is 7.86. The van der Waals surface area contributed by atoms with E-state index < -0.39 is 10.2 Å². The summed E-state index contributed by atoms with van der Waals surface area (Å²) < 4.78 is 33.5. The van der Waals surface area contributed by atoms with Crippen LogP contribution in [0, 0.1) is 16.2 Å². The number of nitrogens with one attached hydrogen (secondary N) is 2. The Labute approximate surface area is 175 Å². The number of hydrogen-bond acceptors (Lipinski definition) is 8. The van der Waals surface area contributed by atoms with Gasteiger partial charge < -0.3 is 15.7 Å². The van der Waals surface area contributed by atoms with Crippen molar-refractivity contribution in [1.82, 2.24) is 4.90 Å². The zero-order valence-electron chi connectivity index (χ0n) is 17.2. The predicted molar refractivity (Wildman–Crippen MR) is 115 cm³/mol. The Morgan fingerprint density at radius 1 is 1.27 bits per heavy atom. The molecular weight excluding hydrogens is 411 g/mol. The molecule has 1 unspecified atom stereocenters. The fourth-order valence-corrected chi connectivity index (χ4v) is 3.56. The van der Waals surface area contributed by atoms with Crippen molar-refractivity contribution in [2.45, 2.75) is 44.7 Å². The van der Waals surface area contributed by atoms with Crippen LogP contribution in [0.4, 0.5) is 3.89 Å². The van der Waals surface area contributed by atoms with E-state index >= 15 is 0 Å². The molecule has 0 radical (unpaired) electrons. The first-order chi connectivity index (χ1) is 13.8. The van der Waals surface area contributed by atoms with Crippen LogP contribution in [0.1, 0.15) is 32.8 Å². The molecular formula is C19H27FN6O3S. The van der Waals surface area contributed by atoms with E-state index in [1.165, 1.54) is 18.2 Å². The van der Waals surface area contributed by atoms with Crippen LogP contribution in [-0.2, 0) is 16.8 Å². The molecule has 3 rings (SSSR count). The van der Waals surface area contributed by atoms with Crippen molar-refractivity contribution in [3.63, 3.8) is 0 Å². The van der Waals surface area contributed by atoms with Gasteiger partial charge in [-0.25, -0.2) is 9.98 Å². The number of aliphatic hydroxyl groups excluding tert-OH is 1. The van der Waals surface area contributed by atoms with E-state index in [0.717, 1.165) is 0 Å². The van der Waals surface area contributed by atoms with Gasteiger partial charge in [-0.3, -0.25) is 10.8 Å². The average Bonchev–Trinajstić information content (AvgIpc) is 3.09. The van der Waals surface area contributed by atoms with Gasteiger partial charge in [0.15, 0.2) is 11.7 Å². The molecule has 0 spiro atoms. The van der Waals surface area contributed by atoms with Crippen LogP contribution in [0.2, 0.25) is 0 Å². The molecule has 1 aromatic rings. The van der Waals surface area contributed by atoms with Crippen LogP contribution in [0.5, 0.6) is 0 Å². The van der Waals surface area contributed by atoms with E-state index in [4.69, 9.17) is 16.6 Å². The number of aliphatic imine (C=N–C) groups is 2. The molecule has 11 heteroatoms. The summed E-state index contributed by atoms with van der Waals surface area (Å²) in [5.74, 6) is 0.989. The molecule has 0 aliphatic carbocycles. The first kappa shape index (κ1) is 23.8. The maximum atomic E-state index is 12.5. The molecule has 1 saturated heterocycles. The first-order valence-corrected chi connectivity index (χ1v) is 10.7. The van der Waals surface area contributed by atoms with Crippen molar-refractivity contribution < 1.29 is 17.4 Å². The molecule has 0 aromatic heterocycles. The van der Waals surface area contributed by atoms with Crippen molar-refractivity contribution in [3.05, 3.63) is 29.8 Å². The highest BCUT2D eigenvalue weighted by Gasteiger charge is 2.32. The van der Waals surface area contributed by atoms with Crippen LogP contribution in [-0.4, -0.2) is 60.8 Å². The second-order valence-corrected chi connectivity index (χ2v) is 9.30. The normalized spacial score (nSPS) is 19.8. The predicted octanol–water partition coefficient (Wildman–Crippen LogP) is 1.71. The van der Waals surface area contributed by atoms with Gasteiger partial charge in [-0.2, -0.15) is 8.42 Å². The highest BCUT2D eigenvalue weighted by Crippen LogP contribution is 2.21. The maximum absolute atomic E-state index is 12.5. The van der Waals surface area contributed by atoms with Gasteiger partial charge in [0, 0.05) is 25.0 Å². The average molecular weight is 439 g/mol. The van der Waals surface area contributed by atoms with E-state index in [9.17, 15) is 17.4 Å². The Balaban J connectivity index is 0.000000232. The Hall–Kier alpha value is -2.50. The van der Waals surface area contributed by atoms with Crippen LogP contribution >= 0.6 is 0 Å². The van der Waals surface area contributed by atoms with Crippen LogP contribution in [0.3, 0.4) is 0 Å². The molecule has 164 valence electrons. The minimum Gasteiger partial charge on any atom is -0.391 e. The van der Waals surface area contributed by atoms with Crippen LogP contribution < -0.4 is 5.73 Å². The summed E-state index contributed by atoms with van der Waals surface area (Å²) in [6.07, 6.45) is 0.313. The number of benzene rings is 1. The number of halogens is 1. The number of nitrogens with two attached hydrogens (primary N) is 1. The van der Waals surface area contributed by atoms with E-state index in [-0.39, 0.29) is 34.5 Å².